The lowest BCUT2D eigenvalue weighted by Crippen LogP contribution is -2.36. The van der Waals surface area contributed by atoms with Gasteiger partial charge in [-0.15, -0.1) is 0 Å². The maximum absolute atomic E-state index is 11.0. The first kappa shape index (κ1) is 10.9. The van der Waals surface area contributed by atoms with E-state index in [1.165, 1.54) is 0 Å². The largest absolute Gasteiger partial charge is 0.458 e. The second-order valence-corrected chi connectivity index (χ2v) is 2.61. The molecule has 1 aliphatic rings. The van der Waals surface area contributed by atoms with Crippen LogP contribution in [0, 0.1) is 0 Å². The minimum absolute atomic E-state index is 0.144. The zero-order chi connectivity index (χ0) is 10.4. The van der Waals surface area contributed by atoms with Crippen molar-refractivity contribution in [3.8, 4) is 0 Å². The summed E-state index contributed by atoms with van der Waals surface area (Å²) in [4.78, 5) is 21.8. The molecule has 0 aromatic heterocycles. The molecule has 0 amide bonds. The highest BCUT2D eigenvalue weighted by Crippen LogP contribution is 2.02. The molecule has 0 radical (unpaired) electrons. The Morgan fingerprint density at radius 3 is 2.50 bits per heavy atom. The zero-order valence-corrected chi connectivity index (χ0v) is 7.86. The van der Waals surface area contributed by atoms with Gasteiger partial charge in [0, 0.05) is 0 Å². The molecule has 1 saturated heterocycles. The van der Waals surface area contributed by atoms with E-state index in [4.69, 9.17) is 14.2 Å². The van der Waals surface area contributed by atoms with E-state index in [0.717, 1.165) is 0 Å². The summed E-state index contributed by atoms with van der Waals surface area (Å²) < 4.78 is 18.9. The Morgan fingerprint density at radius 2 is 1.93 bits per heavy atom. The predicted molar refractivity (Wildman–Crippen MR) is 43.3 cm³/mol. The molecular weight excluding hydrogens is 192 g/mol. The number of ether oxygens (including phenoxy) is 4. The molecule has 0 aromatic carbocycles. The Labute approximate surface area is 81.1 Å². The molecule has 1 heterocycles. The smallest absolute Gasteiger partial charge is 0.417 e. The molecule has 1 fully saturated rings. The fraction of sp³-hybridized carbons (Fsp3) is 0.750. The minimum Gasteiger partial charge on any atom is -0.458 e. The normalized spacial score (nSPS) is 17.5. The van der Waals surface area contributed by atoms with Gasteiger partial charge in [0.25, 0.3) is 0 Å². The lowest BCUT2D eigenvalue weighted by atomic mass is 10.4. The molecule has 0 atom stereocenters. The third-order valence-electron chi connectivity index (χ3n) is 1.49. The van der Waals surface area contributed by atoms with Crippen molar-refractivity contribution in [1.29, 1.82) is 0 Å². The molecular formula is C8H12O6. The summed E-state index contributed by atoms with van der Waals surface area (Å²) in [6, 6.07) is 0. The van der Waals surface area contributed by atoms with Crippen molar-refractivity contribution in [2.45, 2.75) is 13.0 Å². The Hall–Kier alpha value is -1.14. The number of hydrogen-bond donors (Lipinski definition) is 0. The monoisotopic (exact) mass is 204 g/mol. The van der Waals surface area contributed by atoms with Gasteiger partial charge >= 0.3 is 11.9 Å². The van der Waals surface area contributed by atoms with E-state index in [9.17, 15) is 9.59 Å². The summed E-state index contributed by atoms with van der Waals surface area (Å²) in [7, 11) is 0. The molecule has 0 saturated carbocycles. The van der Waals surface area contributed by atoms with Crippen molar-refractivity contribution >= 4 is 11.9 Å². The first-order valence-electron chi connectivity index (χ1n) is 4.27. The van der Waals surface area contributed by atoms with E-state index in [1.807, 2.05) is 0 Å². The lowest BCUT2D eigenvalue weighted by molar-refractivity contribution is -0.190. The number of esters is 2. The van der Waals surface area contributed by atoms with E-state index < -0.39 is 18.0 Å². The Morgan fingerprint density at radius 1 is 1.29 bits per heavy atom. The van der Waals surface area contributed by atoms with Crippen LogP contribution in [0.3, 0.4) is 0 Å². The van der Waals surface area contributed by atoms with Gasteiger partial charge in [0.05, 0.1) is 19.8 Å². The van der Waals surface area contributed by atoms with Crippen LogP contribution in [-0.4, -0.2) is 44.7 Å². The van der Waals surface area contributed by atoms with Gasteiger partial charge in [-0.3, -0.25) is 0 Å². The van der Waals surface area contributed by atoms with E-state index in [2.05, 4.69) is 4.74 Å². The standard InChI is InChI=1S/C8H12O6/c1-2-13-7(9)8(10)14-6-3-11-5-12-4-6/h6H,2-5H2,1H3. The van der Waals surface area contributed by atoms with Gasteiger partial charge in [-0.2, -0.15) is 0 Å². The zero-order valence-electron chi connectivity index (χ0n) is 7.86. The molecule has 0 spiro atoms. The van der Waals surface area contributed by atoms with Crippen LogP contribution in [0.15, 0.2) is 0 Å². The second-order valence-electron chi connectivity index (χ2n) is 2.61. The molecule has 14 heavy (non-hydrogen) atoms. The maximum atomic E-state index is 11.0. The molecule has 6 heteroatoms. The average Bonchev–Trinajstić information content (AvgIpc) is 2.19. The minimum atomic E-state index is -1.01. The third-order valence-corrected chi connectivity index (χ3v) is 1.49. The summed E-state index contributed by atoms with van der Waals surface area (Å²) in [5, 5.41) is 0. The number of rotatable bonds is 2. The van der Waals surface area contributed by atoms with Crippen LogP contribution in [0.1, 0.15) is 6.92 Å². The average molecular weight is 204 g/mol. The van der Waals surface area contributed by atoms with Crippen LogP contribution in [-0.2, 0) is 28.5 Å². The van der Waals surface area contributed by atoms with E-state index in [0.29, 0.717) is 0 Å². The lowest BCUT2D eigenvalue weighted by Gasteiger charge is -2.21. The van der Waals surface area contributed by atoms with Crippen LogP contribution >= 0.6 is 0 Å². The highest BCUT2D eigenvalue weighted by Gasteiger charge is 2.24. The van der Waals surface area contributed by atoms with E-state index >= 15 is 0 Å². The molecule has 0 bridgehead atoms. The van der Waals surface area contributed by atoms with Crippen LogP contribution in [0.4, 0.5) is 0 Å². The first-order valence-corrected chi connectivity index (χ1v) is 4.27. The molecule has 1 aliphatic heterocycles. The van der Waals surface area contributed by atoms with Crippen LogP contribution < -0.4 is 0 Å². The molecule has 1 rings (SSSR count). The van der Waals surface area contributed by atoms with Gasteiger partial charge in [-0.25, -0.2) is 9.59 Å². The molecule has 80 valence electrons. The van der Waals surface area contributed by atoms with Gasteiger partial charge < -0.3 is 18.9 Å². The number of carbonyl (C=O) groups is 2. The first-order chi connectivity index (χ1) is 6.74. The van der Waals surface area contributed by atoms with E-state index in [1.54, 1.807) is 6.92 Å². The highest BCUT2D eigenvalue weighted by molar-refractivity contribution is 6.29. The van der Waals surface area contributed by atoms with Crippen molar-refractivity contribution in [1.82, 2.24) is 0 Å². The molecule has 6 nitrogen and oxygen atoms in total. The van der Waals surface area contributed by atoms with Crippen molar-refractivity contribution < 1.29 is 28.5 Å². The van der Waals surface area contributed by atoms with Crippen molar-refractivity contribution in [3.05, 3.63) is 0 Å². The molecule has 0 N–H and O–H groups in total. The highest BCUT2D eigenvalue weighted by atomic mass is 16.7. The van der Waals surface area contributed by atoms with Gasteiger partial charge in [-0.05, 0) is 6.92 Å². The van der Waals surface area contributed by atoms with E-state index in [-0.39, 0.29) is 26.6 Å². The number of hydrogen-bond acceptors (Lipinski definition) is 6. The van der Waals surface area contributed by atoms with Crippen LogP contribution in [0.25, 0.3) is 0 Å². The SMILES string of the molecule is CCOC(=O)C(=O)OC1COCOC1. The number of carbonyl (C=O) groups excluding carboxylic acids is 2. The van der Waals surface area contributed by atoms with Gasteiger partial charge in [-0.1, -0.05) is 0 Å². The summed E-state index contributed by atoms with van der Waals surface area (Å²) in [5.74, 6) is -2.00. The second kappa shape index (κ2) is 5.56. The molecule has 0 aromatic rings. The predicted octanol–water partition coefficient (Wildman–Crippen LogP) is -0.534. The fourth-order valence-electron chi connectivity index (χ4n) is 0.924. The summed E-state index contributed by atoms with van der Waals surface area (Å²) >= 11 is 0. The van der Waals surface area contributed by atoms with Crippen molar-refractivity contribution in [2.24, 2.45) is 0 Å². The van der Waals surface area contributed by atoms with Crippen LogP contribution in [0.2, 0.25) is 0 Å². The molecule has 0 aliphatic carbocycles. The Balaban J connectivity index is 2.28. The van der Waals surface area contributed by atoms with Crippen molar-refractivity contribution in [3.63, 3.8) is 0 Å². The topological polar surface area (TPSA) is 71.1 Å². The molecule has 0 unspecified atom stereocenters. The van der Waals surface area contributed by atoms with Gasteiger partial charge in [0.15, 0.2) is 0 Å². The van der Waals surface area contributed by atoms with Crippen LogP contribution in [0.5, 0.6) is 0 Å². The quantitative estimate of drug-likeness (QED) is 0.444. The van der Waals surface area contributed by atoms with Gasteiger partial charge in [0.1, 0.15) is 12.9 Å². The maximum Gasteiger partial charge on any atom is 0.417 e. The van der Waals surface area contributed by atoms with Crippen molar-refractivity contribution in [2.75, 3.05) is 26.6 Å². The summed E-state index contributed by atoms with van der Waals surface area (Å²) in [6.07, 6.45) is -0.527. The Kier molecular flexibility index (Phi) is 4.34. The third kappa shape index (κ3) is 3.31. The summed E-state index contributed by atoms with van der Waals surface area (Å²) in [5.41, 5.74) is 0. The summed E-state index contributed by atoms with van der Waals surface area (Å²) in [6.45, 7) is 2.42. The van der Waals surface area contributed by atoms with Gasteiger partial charge in [0.2, 0.25) is 0 Å². The Bertz CT molecular complexity index is 208. The fourth-order valence-corrected chi connectivity index (χ4v) is 0.924.